The number of thioether (sulfide) groups is 2. The molecule has 0 saturated carbocycles. The molecule has 2 N–H and O–H groups in total. The molecule has 1 saturated heterocycles. The summed E-state index contributed by atoms with van der Waals surface area (Å²) in [4.78, 5) is 77.7. The molecule has 2 aliphatic rings. The Morgan fingerprint density at radius 2 is 1.02 bits per heavy atom. The quantitative estimate of drug-likeness (QED) is 0.103. The molecule has 3 aromatic rings. The third kappa shape index (κ3) is 8.65. The van der Waals surface area contributed by atoms with Gasteiger partial charge in [0.1, 0.15) is 30.3 Å². The molecule has 0 bridgehead atoms. The standard InChI is InChI=1S/C36H32N4O10S2/c1-21(2)32(43)47-19-17-37-35(45)49-25-15-16-26(50-36(46)38-18-20-48-33(44)22(3)4)29-28(25)51-34(52-29)27-30(41)39(23-11-7-5-8-12-23)40(31(27)42)24-13-9-6-10-14-24/h5-16H,1,3,17-20H2,2,4H3,(H,37,45)(H,38,46). The number of nitrogens with zero attached hydrogens (tertiary/aromatic N) is 2. The predicted molar refractivity (Wildman–Crippen MR) is 193 cm³/mol. The van der Waals surface area contributed by atoms with Gasteiger partial charge in [0.15, 0.2) is 0 Å². The molecular weight excluding hydrogens is 713 g/mol. The Morgan fingerprint density at radius 1 is 0.635 bits per heavy atom. The van der Waals surface area contributed by atoms with E-state index in [1.807, 2.05) is 0 Å². The van der Waals surface area contributed by atoms with Crippen LogP contribution < -0.4 is 30.1 Å². The van der Waals surface area contributed by atoms with Crippen molar-refractivity contribution in [1.29, 1.82) is 0 Å². The SMILES string of the molecule is C=C(C)C(=O)OCCNC(=O)Oc1ccc(OC(=O)NCCOC(=O)C(=C)C)c2c1SC(=C1C(=O)N(c3ccccc3)N(c3ccccc3)C1=O)S2. The summed E-state index contributed by atoms with van der Waals surface area (Å²) in [5, 5.41) is 7.52. The van der Waals surface area contributed by atoms with Gasteiger partial charge in [0.2, 0.25) is 0 Å². The molecule has 0 aliphatic carbocycles. The van der Waals surface area contributed by atoms with Crippen molar-refractivity contribution in [3.63, 3.8) is 0 Å². The monoisotopic (exact) mass is 744 g/mol. The van der Waals surface area contributed by atoms with Crippen LogP contribution in [0.2, 0.25) is 0 Å². The lowest BCUT2D eigenvalue weighted by atomic mass is 10.2. The fourth-order valence-electron chi connectivity index (χ4n) is 4.56. The summed E-state index contributed by atoms with van der Waals surface area (Å²) in [6.07, 6.45) is -1.76. The van der Waals surface area contributed by atoms with E-state index in [4.69, 9.17) is 18.9 Å². The van der Waals surface area contributed by atoms with Gasteiger partial charge in [0.25, 0.3) is 11.8 Å². The minimum atomic E-state index is -0.880. The Bertz CT molecular complexity index is 1850. The fourth-order valence-corrected chi connectivity index (χ4v) is 7.21. The Balaban J connectivity index is 1.43. The lowest BCUT2D eigenvalue weighted by Crippen LogP contribution is -2.41. The molecule has 1 fully saturated rings. The predicted octanol–water partition coefficient (Wildman–Crippen LogP) is 5.51. The van der Waals surface area contributed by atoms with E-state index in [0.29, 0.717) is 21.2 Å². The van der Waals surface area contributed by atoms with Crippen molar-refractivity contribution in [1.82, 2.24) is 10.6 Å². The molecule has 2 aliphatic heterocycles. The number of ether oxygens (including phenoxy) is 4. The van der Waals surface area contributed by atoms with E-state index in [2.05, 4.69) is 23.8 Å². The highest BCUT2D eigenvalue weighted by atomic mass is 32.2. The van der Waals surface area contributed by atoms with Crippen LogP contribution in [0.1, 0.15) is 13.8 Å². The molecule has 52 heavy (non-hydrogen) atoms. The highest BCUT2D eigenvalue weighted by Gasteiger charge is 2.46. The largest absolute Gasteiger partial charge is 0.460 e. The normalized spacial score (nSPS) is 13.3. The second-order valence-electron chi connectivity index (χ2n) is 11.0. The van der Waals surface area contributed by atoms with E-state index in [1.54, 1.807) is 60.7 Å². The van der Waals surface area contributed by atoms with Crippen molar-refractivity contribution < 1.29 is 47.7 Å². The lowest BCUT2D eigenvalue weighted by molar-refractivity contribution is -0.139. The second-order valence-corrected chi connectivity index (χ2v) is 13.3. The number of hydrogen-bond acceptors (Lipinski definition) is 12. The van der Waals surface area contributed by atoms with Crippen LogP contribution in [-0.2, 0) is 28.7 Å². The molecule has 5 rings (SSSR count). The molecule has 0 spiro atoms. The number of benzene rings is 3. The summed E-state index contributed by atoms with van der Waals surface area (Å²) in [5.74, 6) is -2.34. The van der Waals surface area contributed by atoms with Gasteiger partial charge < -0.3 is 29.6 Å². The molecule has 16 heteroatoms. The summed E-state index contributed by atoms with van der Waals surface area (Å²) >= 11 is 1.99. The first-order valence-electron chi connectivity index (χ1n) is 15.6. The lowest BCUT2D eigenvalue weighted by Gasteiger charge is -2.27. The molecule has 3 aromatic carbocycles. The number of rotatable bonds is 12. The number of hydrogen-bond donors (Lipinski definition) is 2. The second kappa shape index (κ2) is 16.8. The van der Waals surface area contributed by atoms with E-state index >= 15 is 0 Å². The summed E-state index contributed by atoms with van der Waals surface area (Å²) in [6.45, 7) is 9.60. The molecule has 0 radical (unpaired) electrons. The van der Waals surface area contributed by atoms with Crippen LogP contribution in [0.5, 0.6) is 11.5 Å². The molecule has 0 aromatic heterocycles. The van der Waals surface area contributed by atoms with Crippen LogP contribution in [-0.4, -0.2) is 62.2 Å². The van der Waals surface area contributed by atoms with Gasteiger partial charge in [-0.25, -0.2) is 29.2 Å². The van der Waals surface area contributed by atoms with Crippen LogP contribution in [0.4, 0.5) is 21.0 Å². The number of carbonyl (C=O) groups excluding carboxylic acids is 6. The first-order chi connectivity index (χ1) is 25.0. The van der Waals surface area contributed by atoms with Crippen molar-refractivity contribution >= 4 is 70.8 Å². The number of para-hydroxylation sites is 2. The Hall–Kier alpha value is -6.00. The Labute approximate surface area is 306 Å². The van der Waals surface area contributed by atoms with Gasteiger partial charge in [-0.15, -0.1) is 0 Å². The summed E-state index contributed by atoms with van der Waals surface area (Å²) in [5.41, 5.74) is 1.17. The summed E-state index contributed by atoms with van der Waals surface area (Å²) in [7, 11) is 0. The third-order valence-corrected chi connectivity index (χ3v) is 9.59. The Morgan fingerprint density at radius 3 is 1.38 bits per heavy atom. The molecule has 0 atom stereocenters. The minimum Gasteiger partial charge on any atom is -0.460 e. The highest BCUT2D eigenvalue weighted by molar-refractivity contribution is 8.25. The zero-order valence-corrected chi connectivity index (χ0v) is 29.6. The van der Waals surface area contributed by atoms with Crippen LogP contribution in [0.3, 0.4) is 0 Å². The molecule has 0 unspecified atom stereocenters. The molecule has 14 nitrogen and oxygen atoms in total. The maximum absolute atomic E-state index is 14.1. The number of nitrogens with one attached hydrogen (secondary N) is 2. The third-order valence-electron chi connectivity index (χ3n) is 6.96. The van der Waals surface area contributed by atoms with E-state index in [0.717, 1.165) is 23.5 Å². The average molecular weight is 745 g/mol. The van der Waals surface area contributed by atoms with Crippen LogP contribution >= 0.6 is 23.5 Å². The summed E-state index contributed by atoms with van der Waals surface area (Å²) < 4.78 is 21.4. The van der Waals surface area contributed by atoms with Crippen molar-refractivity contribution in [3.8, 4) is 11.5 Å². The first kappa shape index (κ1) is 37.3. The van der Waals surface area contributed by atoms with Crippen LogP contribution in [0.25, 0.3) is 0 Å². The van der Waals surface area contributed by atoms with Gasteiger partial charge in [-0.2, -0.15) is 0 Å². The van der Waals surface area contributed by atoms with Crippen LogP contribution in [0, 0.1) is 0 Å². The van der Waals surface area contributed by atoms with Crippen LogP contribution in [0.15, 0.2) is 117 Å². The molecule has 4 amide bonds. The smallest absolute Gasteiger partial charge is 0.412 e. The van der Waals surface area contributed by atoms with Gasteiger partial charge in [-0.3, -0.25) is 9.59 Å². The highest BCUT2D eigenvalue weighted by Crippen LogP contribution is 2.59. The topological polar surface area (TPSA) is 170 Å². The Kier molecular flexibility index (Phi) is 12.0. The van der Waals surface area contributed by atoms with E-state index in [9.17, 15) is 28.8 Å². The first-order valence-corrected chi connectivity index (χ1v) is 17.2. The maximum atomic E-state index is 14.1. The number of amides is 4. The van der Waals surface area contributed by atoms with Gasteiger partial charge in [0, 0.05) is 11.1 Å². The van der Waals surface area contributed by atoms with Crippen molar-refractivity contribution in [2.45, 2.75) is 23.6 Å². The van der Waals surface area contributed by atoms with Gasteiger partial charge in [0.05, 0.1) is 38.5 Å². The molecular formula is C36H32N4O10S2. The average Bonchev–Trinajstić information content (AvgIpc) is 3.68. The maximum Gasteiger partial charge on any atom is 0.412 e. The molecule has 268 valence electrons. The van der Waals surface area contributed by atoms with Crippen molar-refractivity contribution in [2.24, 2.45) is 0 Å². The van der Waals surface area contributed by atoms with Gasteiger partial charge >= 0.3 is 24.1 Å². The number of anilines is 2. The summed E-state index contributed by atoms with van der Waals surface area (Å²) in [6, 6.07) is 20.1. The zero-order valence-electron chi connectivity index (χ0n) is 28.0. The van der Waals surface area contributed by atoms with Gasteiger partial charge in [-0.05, 0) is 50.2 Å². The van der Waals surface area contributed by atoms with E-state index in [-0.39, 0.29) is 58.8 Å². The van der Waals surface area contributed by atoms with Crippen molar-refractivity contribution in [2.75, 3.05) is 36.3 Å². The zero-order chi connectivity index (χ0) is 37.4. The number of hydrazine groups is 1. The fraction of sp³-hybridized carbons (Fsp3) is 0.167. The molecule has 2 heterocycles. The number of carbonyl (C=O) groups is 6. The van der Waals surface area contributed by atoms with Gasteiger partial charge in [-0.1, -0.05) is 73.1 Å². The van der Waals surface area contributed by atoms with E-state index < -0.39 is 35.9 Å². The number of fused-ring (bicyclic) bond motifs is 1. The van der Waals surface area contributed by atoms with E-state index in [1.165, 1.54) is 36.0 Å². The van der Waals surface area contributed by atoms with Crippen molar-refractivity contribution in [3.05, 3.63) is 107 Å². The minimum absolute atomic E-state index is 0.0386. The number of esters is 2.